The van der Waals surface area contributed by atoms with Crippen molar-refractivity contribution in [3.8, 4) is 0 Å². The summed E-state index contributed by atoms with van der Waals surface area (Å²) in [6.07, 6.45) is 5.06. The molecule has 0 saturated heterocycles. The van der Waals surface area contributed by atoms with Gasteiger partial charge in [0.25, 0.3) is 0 Å². The highest BCUT2D eigenvalue weighted by molar-refractivity contribution is 5.91. The molecule has 1 amide bonds. The number of aryl methyl sites for hydroxylation is 2. The van der Waals surface area contributed by atoms with Crippen LogP contribution in [0.3, 0.4) is 0 Å². The van der Waals surface area contributed by atoms with E-state index in [1.807, 2.05) is 42.5 Å². The summed E-state index contributed by atoms with van der Waals surface area (Å²) in [4.78, 5) is 16.9. The highest BCUT2D eigenvalue weighted by Gasteiger charge is 2.11. The molecule has 0 atom stereocenters. The van der Waals surface area contributed by atoms with E-state index < -0.39 is 0 Å². The van der Waals surface area contributed by atoms with Crippen molar-refractivity contribution in [3.05, 3.63) is 107 Å². The molecule has 31 heavy (non-hydrogen) atoms. The maximum absolute atomic E-state index is 12.1. The van der Waals surface area contributed by atoms with Gasteiger partial charge in [0, 0.05) is 25.6 Å². The molecular weight excluding hydrogens is 382 g/mol. The van der Waals surface area contributed by atoms with Gasteiger partial charge in [0.15, 0.2) is 0 Å². The second kappa shape index (κ2) is 9.90. The number of para-hydroxylation sites is 2. The summed E-state index contributed by atoms with van der Waals surface area (Å²) in [7, 11) is 0. The van der Waals surface area contributed by atoms with Gasteiger partial charge in [-0.05, 0) is 42.7 Å². The lowest BCUT2D eigenvalue weighted by Gasteiger charge is -2.10. The van der Waals surface area contributed by atoms with E-state index in [2.05, 4.69) is 59.3 Å². The van der Waals surface area contributed by atoms with Gasteiger partial charge >= 0.3 is 0 Å². The Balaban J connectivity index is 1.38. The number of benzene rings is 3. The minimum Gasteiger partial charge on any atom is -0.353 e. The molecule has 156 valence electrons. The van der Waals surface area contributed by atoms with Crippen molar-refractivity contribution in [1.82, 2.24) is 14.9 Å². The van der Waals surface area contributed by atoms with Crippen molar-refractivity contribution < 1.29 is 4.79 Å². The summed E-state index contributed by atoms with van der Waals surface area (Å²) < 4.78 is 2.29. The SMILES string of the molecule is Cc1ccc(Cn2c(CCCNC(=O)/C=C/c3ccccc3)nc3ccccc32)cc1. The zero-order valence-corrected chi connectivity index (χ0v) is 17.8. The Hall–Kier alpha value is -3.66. The number of nitrogens with zero attached hydrogens (tertiary/aromatic N) is 2. The normalized spacial score (nSPS) is 11.3. The van der Waals surface area contributed by atoms with E-state index in [1.54, 1.807) is 6.08 Å². The van der Waals surface area contributed by atoms with Crippen LogP contribution in [0.15, 0.2) is 84.9 Å². The summed E-state index contributed by atoms with van der Waals surface area (Å²) in [6, 6.07) is 26.7. The van der Waals surface area contributed by atoms with Crippen LogP contribution >= 0.6 is 0 Å². The molecular formula is C27H27N3O. The van der Waals surface area contributed by atoms with Crippen molar-refractivity contribution in [2.24, 2.45) is 0 Å². The molecule has 0 bridgehead atoms. The van der Waals surface area contributed by atoms with Gasteiger partial charge in [0.05, 0.1) is 11.0 Å². The van der Waals surface area contributed by atoms with E-state index in [4.69, 9.17) is 4.98 Å². The number of hydrogen-bond acceptors (Lipinski definition) is 2. The molecule has 0 spiro atoms. The number of imidazole rings is 1. The van der Waals surface area contributed by atoms with Crippen LogP contribution in [0, 0.1) is 6.92 Å². The number of carbonyl (C=O) groups excluding carboxylic acids is 1. The third kappa shape index (κ3) is 5.48. The third-order valence-electron chi connectivity index (χ3n) is 5.30. The van der Waals surface area contributed by atoms with Crippen LogP contribution in [-0.4, -0.2) is 22.0 Å². The van der Waals surface area contributed by atoms with Crippen LogP contribution in [0.25, 0.3) is 17.1 Å². The summed E-state index contributed by atoms with van der Waals surface area (Å²) in [5.74, 6) is 0.980. The first-order valence-corrected chi connectivity index (χ1v) is 10.7. The van der Waals surface area contributed by atoms with Gasteiger partial charge in [-0.1, -0.05) is 72.3 Å². The largest absolute Gasteiger partial charge is 0.353 e. The lowest BCUT2D eigenvalue weighted by molar-refractivity contribution is -0.116. The lowest BCUT2D eigenvalue weighted by Crippen LogP contribution is -2.22. The average Bonchev–Trinajstić information content (AvgIpc) is 3.15. The minimum absolute atomic E-state index is 0.0722. The van der Waals surface area contributed by atoms with E-state index in [0.29, 0.717) is 6.54 Å². The van der Waals surface area contributed by atoms with Crippen LogP contribution in [0.2, 0.25) is 0 Å². The lowest BCUT2D eigenvalue weighted by atomic mass is 10.1. The first-order chi connectivity index (χ1) is 15.2. The first-order valence-electron chi connectivity index (χ1n) is 10.7. The van der Waals surface area contributed by atoms with E-state index in [9.17, 15) is 4.79 Å². The fourth-order valence-corrected chi connectivity index (χ4v) is 3.62. The molecule has 4 aromatic rings. The molecule has 4 rings (SSSR count). The number of carbonyl (C=O) groups is 1. The number of rotatable bonds is 8. The number of amides is 1. The van der Waals surface area contributed by atoms with E-state index in [0.717, 1.165) is 41.8 Å². The Bertz CT molecular complexity index is 1170. The van der Waals surface area contributed by atoms with Gasteiger partial charge in [-0.2, -0.15) is 0 Å². The van der Waals surface area contributed by atoms with Crippen LogP contribution in [-0.2, 0) is 17.8 Å². The fraction of sp³-hybridized carbons (Fsp3) is 0.185. The van der Waals surface area contributed by atoms with Gasteiger partial charge in [0.1, 0.15) is 5.82 Å². The highest BCUT2D eigenvalue weighted by atomic mass is 16.1. The molecule has 0 saturated carbocycles. The van der Waals surface area contributed by atoms with Crippen LogP contribution in [0.5, 0.6) is 0 Å². The maximum atomic E-state index is 12.1. The minimum atomic E-state index is -0.0722. The molecule has 4 heteroatoms. The number of aromatic nitrogens is 2. The topological polar surface area (TPSA) is 46.9 Å². The smallest absolute Gasteiger partial charge is 0.243 e. The molecule has 4 nitrogen and oxygen atoms in total. The van der Waals surface area contributed by atoms with E-state index >= 15 is 0 Å². The average molecular weight is 410 g/mol. The predicted molar refractivity (Wildman–Crippen MR) is 127 cm³/mol. The fourth-order valence-electron chi connectivity index (χ4n) is 3.62. The van der Waals surface area contributed by atoms with E-state index in [1.165, 1.54) is 11.1 Å². The molecule has 0 unspecified atom stereocenters. The molecule has 1 heterocycles. The number of fused-ring (bicyclic) bond motifs is 1. The van der Waals surface area contributed by atoms with Crippen molar-refractivity contribution in [1.29, 1.82) is 0 Å². The summed E-state index contributed by atoms with van der Waals surface area (Å²) in [5.41, 5.74) is 5.70. The molecule has 0 aliphatic heterocycles. The van der Waals surface area contributed by atoms with Crippen molar-refractivity contribution in [2.45, 2.75) is 26.3 Å². The Labute approximate surface area is 183 Å². The summed E-state index contributed by atoms with van der Waals surface area (Å²) in [5, 5.41) is 2.97. The number of nitrogens with one attached hydrogen (secondary N) is 1. The van der Waals surface area contributed by atoms with Gasteiger partial charge in [0.2, 0.25) is 5.91 Å². The zero-order chi connectivity index (χ0) is 21.5. The molecule has 0 aliphatic rings. The Kier molecular flexibility index (Phi) is 6.58. The monoisotopic (exact) mass is 409 g/mol. The second-order valence-corrected chi connectivity index (χ2v) is 7.73. The Morgan fingerprint density at radius 1 is 0.968 bits per heavy atom. The first kappa shape index (κ1) is 20.6. The van der Waals surface area contributed by atoms with Gasteiger partial charge < -0.3 is 9.88 Å². The number of hydrogen-bond donors (Lipinski definition) is 1. The van der Waals surface area contributed by atoms with Crippen molar-refractivity contribution in [2.75, 3.05) is 6.54 Å². The highest BCUT2D eigenvalue weighted by Crippen LogP contribution is 2.19. The zero-order valence-electron chi connectivity index (χ0n) is 17.8. The standard InChI is InChI=1S/C27H27N3O/c1-21-13-15-23(16-14-21)20-30-25-11-6-5-10-24(25)29-26(30)12-7-19-28-27(31)18-17-22-8-3-2-4-9-22/h2-6,8-11,13-18H,7,12,19-20H2,1H3,(H,28,31)/b18-17+. The molecule has 0 fully saturated rings. The van der Waals surface area contributed by atoms with E-state index in [-0.39, 0.29) is 5.91 Å². The molecule has 1 aromatic heterocycles. The second-order valence-electron chi connectivity index (χ2n) is 7.73. The third-order valence-corrected chi connectivity index (χ3v) is 5.30. The van der Waals surface area contributed by atoms with Gasteiger partial charge in [-0.15, -0.1) is 0 Å². The predicted octanol–water partition coefficient (Wildman–Crippen LogP) is 5.16. The molecule has 3 aromatic carbocycles. The Morgan fingerprint density at radius 3 is 2.52 bits per heavy atom. The quantitative estimate of drug-likeness (QED) is 0.323. The van der Waals surface area contributed by atoms with Gasteiger partial charge in [-0.25, -0.2) is 4.98 Å². The molecule has 0 aliphatic carbocycles. The van der Waals surface area contributed by atoms with Crippen molar-refractivity contribution in [3.63, 3.8) is 0 Å². The Morgan fingerprint density at radius 2 is 1.71 bits per heavy atom. The molecule has 0 radical (unpaired) electrons. The molecule has 1 N–H and O–H groups in total. The van der Waals surface area contributed by atoms with Crippen LogP contribution < -0.4 is 5.32 Å². The van der Waals surface area contributed by atoms with Gasteiger partial charge in [-0.3, -0.25) is 4.79 Å². The summed E-state index contributed by atoms with van der Waals surface area (Å²) in [6.45, 7) is 3.51. The van der Waals surface area contributed by atoms with Crippen LogP contribution in [0.1, 0.15) is 28.9 Å². The summed E-state index contributed by atoms with van der Waals surface area (Å²) >= 11 is 0. The van der Waals surface area contributed by atoms with Crippen LogP contribution in [0.4, 0.5) is 0 Å². The van der Waals surface area contributed by atoms with Crippen molar-refractivity contribution >= 4 is 23.0 Å². The maximum Gasteiger partial charge on any atom is 0.243 e.